The number of hydrogen-bond donors (Lipinski definition) is 2. The Morgan fingerprint density at radius 2 is 2.14 bits per heavy atom. The van der Waals surface area contributed by atoms with Crippen molar-refractivity contribution in [2.45, 2.75) is 37.6 Å². The minimum atomic E-state index is -3.58. The molecule has 1 rings (SSSR count). The van der Waals surface area contributed by atoms with Crippen molar-refractivity contribution in [1.82, 2.24) is 4.72 Å². The highest BCUT2D eigenvalue weighted by Crippen LogP contribution is 2.15. The summed E-state index contributed by atoms with van der Waals surface area (Å²) in [6.07, 6.45) is 0.585. The molecule has 0 saturated carbocycles. The van der Waals surface area contributed by atoms with Crippen molar-refractivity contribution in [2.75, 3.05) is 13.2 Å². The number of rotatable bonds is 8. The molecule has 0 aliphatic rings. The zero-order valence-electron chi connectivity index (χ0n) is 12.3. The fraction of sp³-hybridized carbons (Fsp3) is 0.500. The number of hydrogen-bond acceptors (Lipinski definition) is 5. The molecule has 6 nitrogen and oxygen atoms in total. The van der Waals surface area contributed by atoms with Gasteiger partial charge >= 0.3 is 5.97 Å². The Balaban J connectivity index is 2.58. The molecule has 0 fully saturated rings. The first-order valence-electron chi connectivity index (χ1n) is 6.87. The lowest BCUT2D eigenvalue weighted by Gasteiger charge is -2.10. The van der Waals surface area contributed by atoms with Gasteiger partial charge in [0.25, 0.3) is 0 Å². The highest BCUT2D eigenvalue weighted by molar-refractivity contribution is 7.89. The average molecular weight is 314 g/mol. The fourth-order valence-corrected chi connectivity index (χ4v) is 2.85. The average Bonchev–Trinajstić information content (AvgIpc) is 2.44. The highest BCUT2D eigenvalue weighted by Gasteiger charge is 2.14. The third-order valence-electron chi connectivity index (χ3n) is 2.85. The Morgan fingerprint density at radius 3 is 2.76 bits per heavy atom. The maximum atomic E-state index is 12.1. The van der Waals surface area contributed by atoms with Crippen LogP contribution in [0.3, 0.4) is 0 Å². The van der Waals surface area contributed by atoms with Crippen LogP contribution in [0.2, 0.25) is 0 Å². The lowest BCUT2D eigenvalue weighted by molar-refractivity contribution is -0.143. The van der Waals surface area contributed by atoms with E-state index in [0.717, 1.165) is 5.56 Å². The number of carbonyl (C=O) groups excluding carboxylic acids is 1. The van der Waals surface area contributed by atoms with Gasteiger partial charge in [-0.2, -0.15) is 0 Å². The van der Waals surface area contributed by atoms with E-state index in [2.05, 4.69) is 4.72 Å². The zero-order chi connectivity index (χ0) is 15.9. The van der Waals surface area contributed by atoms with Gasteiger partial charge < -0.3 is 10.5 Å². The lowest BCUT2D eigenvalue weighted by Crippen LogP contribution is -2.25. The van der Waals surface area contributed by atoms with Crippen LogP contribution < -0.4 is 10.5 Å². The minimum absolute atomic E-state index is 0.174. The van der Waals surface area contributed by atoms with E-state index in [1.165, 1.54) is 6.07 Å². The normalized spacial score (nSPS) is 12.9. The molecule has 1 unspecified atom stereocenters. The van der Waals surface area contributed by atoms with Crippen LogP contribution in [0.25, 0.3) is 0 Å². The largest absolute Gasteiger partial charge is 0.466 e. The second-order valence-electron chi connectivity index (χ2n) is 4.67. The molecule has 0 aromatic heterocycles. The first kappa shape index (κ1) is 17.6. The summed E-state index contributed by atoms with van der Waals surface area (Å²) in [6.45, 7) is 4.03. The molecule has 0 radical (unpaired) electrons. The standard InChI is InChI=1S/C14H22N2O4S/c1-3-20-14(17)8-5-9-16-21(18,19)13-7-4-6-12(10-13)11(2)15/h4,6-7,10-11,16H,3,5,8-9,15H2,1-2H3. The molecule has 1 aromatic rings. The molecule has 0 heterocycles. The van der Waals surface area contributed by atoms with E-state index in [-0.39, 0.29) is 29.9 Å². The van der Waals surface area contributed by atoms with Crippen LogP contribution in [0.15, 0.2) is 29.2 Å². The molecule has 1 aromatic carbocycles. The van der Waals surface area contributed by atoms with Crippen molar-refractivity contribution in [3.63, 3.8) is 0 Å². The summed E-state index contributed by atoms with van der Waals surface area (Å²) < 4.78 is 31.5. The Bertz CT molecular complexity index is 570. The van der Waals surface area contributed by atoms with Crippen molar-refractivity contribution in [1.29, 1.82) is 0 Å². The van der Waals surface area contributed by atoms with Gasteiger partial charge in [0.2, 0.25) is 10.0 Å². The molecule has 0 spiro atoms. The van der Waals surface area contributed by atoms with Gasteiger partial charge in [-0.05, 0) is 38.0 Å². The van der Waals surface area contributed by atoms with Gasteiger partial charge in [-0.25, -0.2) is 13.1 Å². The topological polar surface area (TPSA) is 98.5 Å². The van der Waals surface area contributed by atoms with E-state index in [9.17, 15) is 13.2 Å². The smallest absolute Gasteiger partial charge is 0.305 e. The highest BCUT2D eigenvalue weighted by atomic mass is 32.2. The van der Waals surface area contributed by atoms with Crippen molar-refractivity contribution >= 4 is 16.0 Å². The van der Waals surface area contributed by atoms with E-state index in [4.69, 9.17) is 10.5 Å². The van der Waals surface area contributed by atoms with Crippen LogP contribution in [0, 0.1) is 0 Å². The first-order chi connectivity index (χ1) is 9.86. The second-order valence-corrected chi connectivity index (χ2v) is 6.43. The molecule has 3 N–H and O–H groups in total. The Hall–Kier alpha value is -1.44. The summed E-state index contributed by atoms with van der Waals surface area (Å²) in [6, 6.07) is 6.28. The zero-order valence-corrected chi connectivity index (χ0v) is 13.2. The predicted octanol–water partition coefficient (Wildman–Crippen LogP) is 1.33. The number of sulfonamides is 1. The summed E-state index contributed by atoms with van der Waals surface area (Å²) in [5.41, 5.74) is 6.50. The summed E-state index contributed by atoms with van der Waals surface area (Å²) in [4.78, 5) is 11.3. The van der Waals surface area contributed by atoms with E-state index in [1.807, 2.05) is 0 Å². The number of nitrogens with one attached hydrogen (secondary N) is 1. The number of benzene rings is 1. The molecular weight excluding hydrogens is 292 g/mol. The molecule has 1 atom stereocenters. The SMILES string of the molecule is CCOC(=O)CCCNS(=O)(=O)c1cccc(C(C)N)c1. The molecule has 118 valence electrons. The minimum Gasteiger partial charge on any atom is -0.466 e. The number of ether oxygens (including phenoxy) is 1. The maximum absolute atomic E-state index is 12.1. The summed E-state index contributed by atoms with van der Waals surface area (Å²) in [5.74, 6) is -0.323. The van der Waals surface area contributed by atoms with Gasteiger partial charge in [-0.1, -0.05) is 12.1 Å². The van der Waals surface area contributed by atoms with Gasteiger partial charge in [0.05, 0.1) is 11.5 Å². The molecule has 0 aliphatic heterocycles. The molecule has 7 heteroatoms. The summed E-state index contributed by atoms with van der Waals surface area (Å²) in [7, 11) is -3.58. The third-order valence-corrected chi connectivity index (χ3v) is 4.31. The van der Waals surface area contributed by atoms with Gasteiger partial charge in [-0.3, -0.25) is 4.79 Å². The van der Waals surface area contributed by atoms with Crippen LogP contribution in [-0.2, 0) is 19.6 Å². The van der Waals surface area contributed by atoms with E-state index in [1.54, 1.807) is 32.0 Å². The van der Waals surface area contributed by atoms with Crippen LogP contribution >= 0.6 is 0 Å². The van der Waals surface area contributed by atoms with Gasteiger partial charge in [-0.15, -0.1) is 0 Å². The number of nitrogens with two attached hydrogens (primary N) is 1. The summed E-state index contributed by atoms with van der Waals surface area (Å²) in [5, 5.41) is 0. The van der Waals surface area contributed by atoms with Crippen molar-refractivity contribution in [3.05, 3.63) is 29.8 Å². The monoisotopic (exact) mass is 314 g/mol. The van der Waals surface area contributed by atoms with Gasteiger partial charge in [0.15, 0.2) is 0 Å². The van der Waals surface area contributed by atoms with E-state index in [0.29, 0.717) is 13.0 Å². The molecule has 0 amide bonds. The second kappa shape index (κ2) is 8.11. The van der Waals surface area contributed by atoms with Gasteiger partial charge in [0.1, 0.15) is 0 Å². The number of esters is 1. The van der Waals surface area contributed by atoms with Crippen LogP contribution in [0.1, 0.15) is 38.3 Å². The van der Waals surface area contributed by atoms with E-state index >= 15 is 0 Å². The first-order valence-corrected chi connectivity index (χ1v) is 8.36. The fourth-order valence-electron chi connectivity index (χ4n) is 1.72. The Labute approximate surface area is 125 Å². The summed E-state index contributed by atoms with van der Waals surface area (Å²) >= 11 is 0. The molecule has 0 bridgehead atoms. The van der Waals surface area contributed by atoms with Gasteiger partial charge in [0, 0.05) is 19.0 Å². The van der Waals surface area contributed by atoms with Crippen LogP contribution in [0.5, 0.6) is 0 Å². The number of carbonyl (C=O) groups is 1. The molecule has 0 aliphatic carbocycles. The van der Waals surface area contributed by atoms with Crippen LogP contribution in [0.4, 0.5) is 0 Å². The predicted molar refractivity (Wildman–Crippen MR) is 80.1 cm³/mol. The Morgan fingerprint density at radius 1 is 1.43 bits per heavy atom. The Kier molecular flexibility index (Phi) is 6.80. The maximum Gasteiger partial charge on any atom is 0.305 e. The lowest BCUT2D eigenvalue weighted by atomic mass is 10.1. The molecule has 21 heavy (non-hydrogen) atoms. The quantitative estimate of drug-likeness (QED) is 0.557. The van der Waals surface area contributed by atoms with Crippen molar-refractivity contribution in [3.8, 4) is 0 Å². The van der Waals surface area contributed by atoms with Crippen molar-refractivity contribution in [2.24, 2.45) is 5.73 Å². The van der Waals surface area contributed by atoms with E-state index < -0.39 is 10.0 Å². The molecular formula is C14H22N2O4S. The molecule has 0 saturated heterocycles. The van der Waals surface area contributed by atoms with Crippen LogP contribution in [-0.4, -0.2) is 27.5 Å². The van der Waals surface area contributed by atoms with Crippen molar-refractivity contribution < 1.29 is 17.9 Å². The third kappa shape index (κ3) is 5.82.